The zero-order valence-corrected chi connectivity index (χ0v) is 24.4. The van der Waals surface area contributed by atoms with Crippen LogP contribution in [0.2, 0.25) is 0 Å². The van der Waals surface area contributed by atoms with Crippen LogP contribution in [0.3, 0.4) is 0 Å². The third kappa shape index (κ3) is 10.7. The van der Waals surface area contributed by atoms with E-state index in [0.717, 1.165) is 43.6 Å². The van der Waals surface area contributed by atoms with Crippen molar-refractivity contribution in [1.82, 2.24) is 5.32 Å². The minimum atomic E-state index is -0.757. The van der Waals surface area contributed by atoms with Crippen LogP contribution in [-0.4, -0.2) is 69.8 Å². The van der Waals surface area contributed by atoms with E-state index in [-0.39, 0.29) is 29.7 Å². The van der Waals surface area contributed by atoms with Gasteiger partial charge in [-0.2, -0.15) is 0 Å². The largest absolute Gasteiger partial charge is 0.493 e. The molecule has 218 valence electrons. The van der Waals surface area contributed by atoms with Crippen LogP contribution < -0.4 is 20.5 Å². The first-order chi connectivity index (χ1) is 18.2. The Balaban J connectivity index is 2.00. The average Bonchev–Trinajstić information content (AvgIpc) is 2.89. The molecule has 1 saturated heterocycles. The lowest BCUT2D eigenvalue weighted by molar-refractivity contribution is -0.129. The topological polar surface area (TPSA) is 112 Å². The number of carbonyl (C=O) groups is 1. The molecule has 8 nitrogen and oxygen atoms in total. The van der Waals surface area contributed by atoms with Crippen LogP contribution in [0.15, 0.2) is 18.2 Å². The molecule has 8 heteroatoms. The van der Waals surface area contributed by atoms with Crippen molar-refractivity contribution in [2.75, 3.05) is 40.6 Å². The summed E-state index contributed by atoms with van der Waals surface area (Å²) in [6.07, 6.45) is 3.76. The van der Waals surface area contributed by atoms with Gasteiger partial charge in [0.2, 0.25) is 5.91 Å². The Morgan fingerprint density at radius 3 is 2.50 bits per heavy atom. The van der Waals surface area contributed by atoms with Gasteiger partial charge in [-0.25, -0.2) is 0 Å². The maximum atomic E-state index is 13.0. The number of aliphatic hydroxyl groups is 1. The Labute approximate surface area is 229 Å². The van der Waals surface area contributed by atoms with Gasteiger partial charge in [-0.3, -0.25) is 4.79 Å². The van der Waals surface area contributed by atoms with Crippen molar-refractivity contribution in [3.05, 3.63) is 23.8 Å². The van der Waals surface area contributed by atoms with Gasteiger partial charge in [0.1, 0.15) is 0 Å². The number of nitrogens with one attached hydrogen (secondary N) is 1. The molecule has 0 saturated carbocycles. The maximum Gasteiger partial charge on any atom is 0.223 e. The van der Waals surface area contributed by atoms with Crippen molar-refractivity contribution in [1.29, 1.82) is 0 Å². The van der Waals surface area contributed by atoms with E-state index in [9.17, 15) is 9.90 Å². The summed E-state index contributed by atoms with van der Waals surface area (Å²) in [4.78, 5) is 13.0. The van der Waals surface area contributed by atoms with Crippen LogP contribution in [0.5, 0.6) is 11.5 Å². The molecule has 0 aromatic heterocycles. The number of aliphatic hydroxyl groups excluding tert-OH is 1. The predicted molar refractivity (Wildman–Crippen MR) is 151 cm³/mol. The van der Waals surface area contributed by atoms with Crippen LogP contribution in [0.25, 0.3) is 0 Å². The lowest BCUT2D eigenvalue weighted by atomic mass is 9.80. The summed E-state index contributed by atoms with van der Waals surface area (Å²) in [5.41, 5.74) is 7.69. The van der Waals surface area contributed by atoms with Crippen LogP contribution in [0.1, 0.15) is 65.4 Å². The molecule has 0 aliphatic carbocycles. The number of ether oxygens (including phenoxy) is 4. The monoisotopic (exact) mass is 536 g/mol. The Morgan fingerprint density at radius 1 is 1.13 bits per heavy atom. The normalized spacial score (nSPS) is 19.2. The summed E-state index contributed by atoms with van der Waals surface area (Å²) >= 11 is 0. The number of hydrogen-bond donors (Lipinski definition) is 3. The van der Waals surface area contributed by atoms with Crippen molar-refractivity contribution in [2.45, 2.75) is 84.4 Å². The summed E-state index contributed by atoms with van der Waals surface area (Å²) in [6.45, 7) is 10.9. The highest BCUT2D eigenvalue weighted by Crippen LogP contribution is 2.32. The van der Waals surface area contributed by atoms with Gasteiger partial charge in [-0.1, -0.05) is 33.8 Å². The fourth-order valence-corrected chi connectivity index (χ4v) is 5.03. The number of carbonyl (C=O) groups excluding carboxylic acids is 1. The molecule has 1 aliphatic rings. The molecular formula is C30H52N2O6. The first-order valence-electron chi connectivity index (χ1n) is 14.3. The number of amides is 1. The van der Waals surface area contributed by atoms with Gasteiger partial charge in [-0.05, 0) is 67.6 Å². The Bertz CT molecular complexity index is 812. The summed E-state index contributed by atoms with van der Waals surface area (Å²) < 4.78 is 22.1. The van der Waals surface area contributed by atoms with E-state index in [1.165, 1.54) is 0 Å². The van der Waals surface area contributed by atoms with E-state index >= 15 is 0 Å². The zero-order chi connectivity index (χ0) is 28.1. The molecule has 1 fully saturated rings. The molecule has 1 heterocycles. The second-order valence-electron chi connectivity index (χ2n) is 11.4. The standard InChI is InChI=1S/C30H52N2O6/c1-20(2)23(15-22-10-11-28(36-6)29(16-22)38-14-8-12-35-5)17-26(31)27(33)18-25(21(3)4)30(34)32-24-9-7-13-37-19-24/h10-11,16,20-21,23-27,33H,7-9,12-15,17-19,31H2,1-6H3,(H,32,34)/t23-,24-,25-,26-,27-/m0/s1. The Kier molecular flexibility index (Phi) is 14.4. The van der Waals surface area contributed by atoms with E-state index in [1.807, 2.05) is 26.0 Å². The van der Waals surface area contributed by atoms with Crippen molar-refractivity contribution in [3.8, 4) is 11.5 Å². The minimum absolute atomic E-state index is 0.0154. The second kappa shape index (κ2) is 17.0. The third-order valence-corrected chi connectivity index (χ3v) is 7.63. The van der Waals surface area contributed by atoms with E-state index < -0.39 is 12.1 Å². The Hall–Kier alpha value is -1.87. The summed E-state index contributed by atoms with van der Waals surface area (Å²) in [5, 5.41) is 14.2. The van der Waals surface area contributed by atoms with Crippen LogP contribution in [0.4, 0.5) is 0 Å². The highest BCUT2D eigenvalue weighted by atomic mass is 16.5. The van der Waals surface area contributed by atoms with Crippen molar-refractivity contribution in [2.24, 2.45) is 29.4 Å². The molecule has 5 atom stereocenters. The van der Waals surface area contributed by atoms with Gasteiger partial charge in [0, 0.05) is 38.7 Å². The molecule has 1 aliphatic heterocycles. The quantitative estimate of drug-likeness (QED) is 0.258. The number of nitrogens with two attached hydrogens (primary N) is 1. The van der Waals surface area contributed by atoms with Crippen molar-refractivity contribution in [3.63, 3.8) is 0 Å². The predicted octanol–water partition coefficient (Wildman–Crippen LogP) is 3.96. The third-order valence-electron chi connectivity index (χ3n) is 7.63. The molecule has 0 bridgehead atoms. The van der Waals surface area contributed by atoms with Crippen LogP contribution in [-0.2, 0) is 20.7 Å². The lowest BCUT2D eigenvalue weighted by Gasteiger charge is -2.31. The first kappa shape index (κ1) is 32.3. The molecule has 0 spiro atoms. The van der Waals surface area contributed by atoms with E-state index in [0.29, 0.717) is 44.3 Å². The number of rotatable bonds is 17. The van der Waals surface area contributed by atoms with Crippen LogP contribution in [0, 0.1) is 23.7 Å². The fourth-order valence-electron chi connectivity index (χ4n) is 5.03. The highest BCUT2D eigenvalue weighted by molar-refractivity contribution is 5.79. The van der Waals surface area contributed by atoms with Gasteiger partial charge in [0.15, 0.2) is 11.5 Å². The smallest absolute Gasteiger partial charge is 0.223 e. The summed E-state index contributed by atoms with van der Waals surface area (Å²) in [7, 11) is 3.32. The molecule has 4 N–H and O–H groups in total. The van der Waals surface area contributed by atoms with Crippen molar-refractivity contribution < 1.29 is 28.8 Å². The molecule has 1 aromatic carbocycles. The highest BCUT2D eigenvalue weighted by Gasteiger charge is 2.31. The Morgan fingerprint density at radius 2 is 1.89 bits per heavy atom. The molecule has 1 amide bonds. The molecule has 38 heavy (non-hydrogen) atoms. The number of methoxy groups -OCH3 is 2. The van der Waals surface area contributed by atoms with E-state index in [4.69, 9.17) is 24.7 Å². The van der Waals surface area contributed by atoms with Gasteiger partial charge in [0.25, 0.3) is 0 Å². The molecular weight excluding hydrogens is 484 g/mol. The zero-order valence-electron chi connectivity index (χ0n) is 24.4. The molecule has 1 aromatic rings. The molecule has 2 rings (SSSR count). The average molecular weight is 537 g/mol. The summed E-state index contributed by atoms with van der Waals surface area (Å²) in [5.74, 6) is 1.86. The fraction of sp³-hybridized carbons (Fsp3) is 0.767. The minimum Gasteiger partial charge on any atom is -0.493 e. The van der Waals surface area contributed by atoms with Gasteiger partial charge >= 0.3 is 0 Å². The summed E-state index contributed by atoms with van der Waals surface area (Å²) in [6, 6.07) is 5.67. The molecule has 0 unspecified atom stereocenters. The van der Waals surface area contributed by atoms with E-state index in [2.05, 4.69) is 25.2 Å². The molecule has 0 radical (unpaired) electrons. The SMILES string of the molecule is COCCCOc1cc(C[C@@H](C[C@H](N)[C@@H](O)C[C@H](C(=O)N[C@H]2CCCOC2)C(C)C)C(C)C)ccc1OC. The lowest BCUT2D eigenvalue weighted by Crippen LogP contribution is -2.47. The number of benzene rings is 1. The van der Waals surface area contributed by atoms with Crippen LogP contribution >= 0.6 is 0 Å². The number of hydrogen-bond acceptors (Lipinski definition) is 7. The second-order valence-corrected chi connectivity index (χ2v) is 11.4. The van der Waals surface area contributed by atoms with Gasteiger partial charge in [-0.15, -0.1) is 0 Å². The maximum absolute atomic E-state index is 13.0. The van der Waals surface area contributed by atoms with Gasteiger partial charge in [0.05, 0.1) is 32.5 Å². The van der Waals surface area contributed by atoms with Crippen molar-refractivity contribution >= 4 is 5.91 Å². The van der Waals surface area contributed by atoms with E-state index in [1.54, 1.807) is 14.2 Å². The first-order valence-corrected chi connectivity index (χ1v) is 14.3. The van der Waals surface area contributed by atoms with Gasteiger partial charge < -0.3 is 35.1 Å².